The summed E-state index contributed by atoms with van der Waals surface area (Å²) in [6, 6.07) is 8.51. The van der Waals surface area contributed by atoms with Gasteiger partial charge in [0.05, 0.1) is 12.4 Å². The first-order chi connectivity index (χ1) is 9.72. The van der Waals surface area contributed by atoms with Crippen LogP contribution in [-0.4, -0.2) is 21.9 Å². The molecular weight excluding hydrogens is 274 g/mol. The van der Waals surface area contributed by atoms with Crippen LogP contribution in [0.25, 0.3) is 0 Å². The van der Waals surface area contributed by atoms with Crippen molar-refractivity contribution in [1.29, 1.82) is 0 Å². The first-order valence-corrected chi connectivity index (χ1v) is 6.95. The van der Waals surface area contributed by atoms with Crippen LogP contribution in [0.1, 0.15) is 28.0 Å². The van der Waals surface area contributed by atoms with Crippen LogP contribution in [0.3, 0.4) is 0 Å². The zero-order valence-corrected chi connectivity index (χ0v) is 11.6. The Kier molecular flexibility index (Phi) is 3.65. The maximum atomic E-state index is 12.1. The van der Waals surface area contributed by atoms with E-state index in [1.807, 2.05) is 6.07 Å². The Morgan fingerprint density at radius 3 is 2.75 bits per heavy atom. The van der Waals surface area contributed by atoms with Gasteiger partial charge in [-0.05, 0) is 30.4 Å². The zero-order valence-electron chi connectivity index (χ0n) is 10.8. The first kappa shape index (κ1) is 13.1. The summed E-state index contributed by atoms with van der Waals surface area (Å²) in [5, 5.41) is 3.30. The van der Waals surface area contributed by atoms with Gasteiger partial charge in [0.2, 0.25) is 0 Å². The van der Waals surface area contributed by atoms with Crippen LogP contribution < -0.4 is 5.32 Å². The Bertz CT molecular complexity index is 627. The molecular formula is C15H14ClN3O. The maximum Gasteiger partial charge on any atom is 0.271 e. The van der Waals surface area contributed by atoms with Crippen molar-refractivity contribution < 1.29 is 4.79 Å². The van der Waals surface area contributed by atoms with Gasteiger partial charge < -0.3 is 5.32 Å². The lowest BCUT2D eigenvalue weighted by molar-refractivity contribution is 0.0928. The van der Waals surface area contributed by atoms with Crippen molar-refractivity contribution in [2.75, 3.05) is 0 Å². The molecule has 20 heavy (non-hydrogen) atoms. The predicted octanol–water partition coefficient (Wildman–Crippen LogP) is 2.42. The van der Waals surface area contributed by atoms with Gasteiger partial charge >= 0.3 is 0 Å². The fraction of sp³-hybridized carbons (Fsp3) is 0.267. The quantitative estimate of drug-likeness (QED) is 0.923. The number of halogens is 1. The van der Waals surface area contributed by atoms with Crippen molar-refractivity contribution in [1.82, 2.24) is 15.3 Å². The van der Waals surface area contributed by atoms with Gasteiger partial charge in [-0.1, -0.05) is 35.9 Å². The number of hydrogen-bond acceptors (Lipinski definition) is 3. The summed E-state index contributed by atoms with van der Waals surface area (Å²) in [6.07, 6.45) is 5.58. The Hall–Kier alpha value is -1.94. The number of amides is 1. The maximum absolute atomic E-state index is 12.1. The summed E-state index contributed by atoms with van der Waals surface area (Å²) in [7, 11) is 0. The number of hydrogen-bond donors (Lipinski definition) is 1. The van der Waals surface area contributed by atoms with Crippen LogP contribution in [-0.2, 0) is 12.8 Å². The van der Waals surface area contributed by atoms with Crippen LogP contribution in [0.2, 0.25) is 5.15 Å². The second-order valence-corrected chi connectivity index (χ2v) is 5.29. The van der Waals surface area contributed by atoms with Gasteiger partial charge in [0.1, 0.15) is 10.8 Å². The Morgan fingerprint density at radius 2 is 2.00 bits per heavy atom. The highest BCUT2D eigenvalue weighted by molar-refractivity contribution is 6.29. The van der Waals surface area contributed by atoms with E-state index in [-0.39, 0.29) is 17.1 Å². The standard InChI is InChI=1S/C15H14ClN3O/c16-14-9-17-13(8-18-14)15(20)19-12-6-5-10-3-1-2-4-11(10)7-12/h1-4,8-9,12H,5-7H2,(H,19,20). The molecule has 0 radical (unpaired) electrons. The molecule has 0 spiro atoms. The summed E-state index contributed by atoms with van der Waals surface area (Å²) < 4.78 is 0. The summed E-state index contributed by atoms with van der Waals surface area (Å²) in [4.78, 5) is 19.9. The van der Waals surface area contributed by atoms with E-state index >= 15 is 0 Å². The van der Waals surface area contributed by atoms with Crippen molar-refractivity contribution in [2.24, 2.45) is 0 Å². The predicted molar refractivity (Wildman–Crippen MR) is 76.8 cm³/mol. The van der Waals surface area contributed by atoms with E-state index < -0.39 is 0 Å². The smallest absolute Gasteiger partial charge is 0.271 e. The van der Waals surface area contributed by atoms with E-state index in [9.17, 15) is 4.79 Å². The Labute approximate surface area is 122 Å². The second kappa shape index (κ2) is 5.59. The third kappa shape index (κ3) is 2.80. The minimum absolute atomic E-state index is 0.148. The van der Waals surface area contributed by atoms with E-state index in [2.05, 4.69) is 33.5 Å². The third-order valence-electron chi connectivity index (χ3n) is 3.54. The number of aryl methyl sites for hydroxylation is 1. The normalized spacial score (nSPS) is 17.4. The minimum Gasteiger partial charge on any atom is -0.348 e. The number of rotatable bonds is 2. The molecule has 1 aromatic carbocycles. The molecule has 0 aliphatic heterocycles. The lowest BCUT2D eigenvalue weighted by atomic mass is 9.88. The van der Waals surface area contributed by atoms with Gasteiger partial charge in [-0.15, -0.1) is 0 Å². The molecule has 1 N–H and O–H groups in total. The molecule has 0 bridgehead atoms. The van der Waals surface area contributed by atoms with Gasteiger partial charge in [-0.3, -0.25) is 4.79 Å². The molecule has 0 saturated heterocycles. The van der Waals surface area contributed by atoms with E-state index in [1.54, 1.807) is 0 Å². The average molecular weight is 288 g/mol. The minimum atomic E-state index is -0.196. The zero-order chi connectivity index (χ0) is 13.9. The SMILES string of the molecule is O=C(NC1CCc2ccccc2C1)c1cnc(Cl)cn1. The monoisotopic (exact) mass is 287 g/mol. The summed E-state index contributed by atoms with van der Waals surface area (Å²) in [5.41, 5.74) is 2.99. The van der Waals surface area contributed by atoms with Gasteiger partial charge in [-0.25, -0.2) is 9.97 Å². The highest BCUT2D eigenvalue weighted by Crippen LogP contribution is 2.21. The van der Waals surface area contributed by atoms with Crippen LogP contribution >= 0.6 is 11.6 Å². The molecule has 0 saturated carbocycles. The molecule has 1 amide bonds. The third-order valence-corrected chi connectivity index (χ3v) is 3.73. The molecule has 4 nitrogen and oxygen atoms in total. The summed E-state index contributed by atoms with van der Waals surface area (Å²) in [6.45, 7) is 0. The number of nitrogens with zero attached hydrogens (tertiary/aromatic N) is 2. The molecule has 1 unspecified atom stereocenters. The molecule has 2 aromatic rings. The van der Waals surface area contributed by atoms with E-state index in [4.69, 9.17) is 11.6 Å². The lowest BCUT2D eigenvalue weighted by Crippen LogP contribution is -2.39. The topological polar surface area (TPSA) is 54.9 Å². The molecule has 0 fully saturated rings. The van der Waals surface area contributed by atoms with Crippen molar-refractivity contribution >= 4 is 17.5 Å². The summed E-state index contributed by atoms with van der Waals surface area (Å²) >= 11 is 5.66. The highest BCUT2D eigenvalue weighted by Gasteiger charge is 2.20. The van der Waals surface area contributed by atoms with Crippen LogP contribution in [0, 0.1) is 0 Å². The van der Waals surface area contributed by atoms with Crippen molar-refractivity contribution in [2.45, 2.75) is 25.3 Å². The molecule has 5 heteroatoms. The Balaban J connectivity index is 1.67. The van der Waals surface area contributed by atoms with E-state index in [0.29, 0.717) is 5.69 Å². The van der Waals surface area contributed by atoms with Gasteiger partial charge in [-0.2, -0.15) is 0 Å². The van der Waals surface area contributed by atoms with Crippen LogP contribution in [0.4, 0.5) is 0 Å². The number of benzene rings is 1. The van der Waals surface area contributed by atoms with Crippen molar-refractivity contribution in [3.05, 3.63) is 58.6 Å². The van der Waals surface area contributed by atoms with Crippen LogP contribution in [0.15, 0.2) is 36.7 Å². The highest BCUT2D eigenvalue weighted by atomic mass is 35.5. The van der Waals surface area contributed by atoms with Gasteiger partial charge in [0, 0.05) is 6.04 Å². The molecule has 1 atom stereocenters. The number of carbonyl (C=O) groups excluding carboxylic acids is 1. The molecule has 1 aromatic heterocycles. The number of carbonyl (C=O) groups is 1. The lowest BCUT2D eigenvalue weighted by Gasteiger charge is -2.25. The fourth-order valence-corrected chi connectivity index (χ4v) is 2.61. The number of aromatic nitrogens is 2. The molecule has 102 valence electrons. The van der Waals surface area contributed by atoms with Crippen LogP contribution in [0.5, 0.6) is 0 Å². The second-order valence-electron chi connectivity index (χ2n) is 4.91. The Morgan fingerprint density at radius 1 is 1.20 bits per heavy atom. The first-order valence-electron chi connectivity index (χ1n) is 6.57. The summed E-state index contributed by atoms with van der Waals surface area (Å²) in [5.74, 6) is -0.196. The molecule has 1 heterocycles. The fourth-order valence-electron chi connectivity index (χ4n) is 2.51. The van der Waals surface area contributed by atoms with Crippen molar-refractivity contribution in [3.8, 4) is 0 Å². The van der Waals surface area contributed by atoms with Gasteiger partial charge in [0.15, 0.2) is 0 Å². The van der Waals surface area contributed by atoms with E-state index in [1.165, 1.54) is 23.5 Å². The largest absolute Gasteiger partial charge is 0.348 e. The van der Waals surface area contributed by atoms with Crippen molar-refractivity contribution in [3.63, 3.8) is 0 Å². The van der Waals surface area contributed by atoms with E-state index in [0.717, 1.165) is 19.3 Å². The average Bonchev–Trinajstić information content (AvgIpc) is 2.48. The molecule has 3 rings (SSSR count). The number of fused-ring (bicyclic) bond motifs is 1. The molecule has 1 aliphatic carbocycles. The molecule has 1 aliphatic rings. The number of nitrogens with one attached hydrogen (secondary N) is 1. The van der Waals surface area contributed by atoms with Gasteiger partial charge in [0.25, 0.3) is 5.91 Å².